The van der Waals surface area contributed by atoms with Gasteiger partial charge < -0.3 is 15.0 Å². The van der Waals surface area contributed by atoms with Crippen LogP contribution in [0.25, 0.3) is 11.2 Å². The number of nitrogens with two attached hydrogens (primary N) is 1. The molecule has 0 aliphatic carbocycles. The minimum absolute atomic E-state index is 0.128. The fourth-order valence-corrected chi connectivity index (χ4v) is 2.02. The van der Waals surface area contributed by atoms with Gasteiger partial charge in [-0.05, 0) is 27.7 Å². The Morgan fingerprint density at radius 1 is 1.00 bits per heavy atom. The molecule has 0 atom stereocenters. The van der Waals surface area contributed by atoms with Crippen LogP contribution in [0, 0.1) is 0 Å². The second-order valence-corrected chi connectivity index (χ2v) is 5.78. The lowest BCUT2D eigenvalue weighted by molar-refractivity contribution is 0.00578. The summed E-state index contributed by atoms with van der Waals surface area (Å²) in [6, 6.07) is 0. The van der Waals surface area contributed by atoms with E-state index in [4.69, 9.17) is 15.0 Å². The van der Waals surface area contributed by atoms with Crippen LogP contribution in [0.3, 0.4) is 0 Å². The predicted octanol–water partition coefficient (Wildman–Crippen LogP) is 0.301. The molecule has 0 amide bonds. The molecule has 3 heterocycles. The first kappa shape index (κ1) is 13.2. The van der Waals surface area contributed by atoms with E-state index >= 15 is 0 Å². The van der Waals surface area contributed by atoms with E-state index < -0.39 is 18.3 Å². The molecule has 0 saturated carbocycles. The minimum Gasteiger partial charge on any atom is -0.398 e. The zero-order valence-electron chi connectivity index (χ0n) is 11.9. The first-order valence-electron chi connectivity index (χ1n) is 6.40. The van der Waals surface area contributed by atoms with Gasteiger partial charge >= 0.3 is 7.12 Å². The van der Waals surface area contributed by atoms with E-state index in [0.717, 1.165) is 0 Å². The molecule has 7 nitrogen and oxygen atoms in total. The molecule has 2 N–H and O–H groups in total. The monoisotopic (exact) mass is 273 g/mol. The molecule has 2 aromatic heterocycles. The molecule has 20 heavy (non-hydrogen) atoms. The SMILES string of the molecule is CC1(C)OB(c2nc(N)nc3nccnc23)OC1(C)C. The standard InChI is InChI=1S/C12H16BN5O2/c1-11(2)12(3,4)20-13(19-11)8-7-9(16-6-5-15-7)18-10(14)17-8/h5-6H,1-4H3,(H2,14,16,17,18). The first-order valence-corrected chi connectivity index (χ1v) is 6.40. The number of nitrogen functional groups attached to an aromatic ring is 1. The summed E-state index contributed by atoms with van der Waals surface area (Å²) < 4.78 is 12.0. The van der Waals surface area contributed by atoms with Gasteiger partial charge in [-0.3, -0.25) is 4.98 Å². The molecule has 1 aliphatic heterocycles. The van der Waals surface area contributed by atoms with Crippen LogP contribution in [-0.4, -0.2) is 38.3 Å². The van der Waals surface area contributed by atoms with Gasteiger partial charge in [0.05, 0.1) is 11.2 Å². The van der Waals surface area contributed by atoms with Crippen LogP contribution in [0.1, 0.15) is 27.7 Å². The highest BCUT2D eigenvalue weighted by Gasteiger charge is 2.53. The topological polar surface area (TPSA) is 96.0 Å². The maximum Gasteiger partial charge on any atom is 0.517 e. The number of nitrogens with zero attached hydrogens (tertiary/aromatic N) is 4. The van der Waals surface area contributed by atoms with Crippen molar-refractivity contribution in [2.75, 3.05) is 5.73 Å². The van der Waals surface area contributed by atoms with Crippen LogP contribution in [0.2, 0.25) is 0 Å². The number of hydrogen-bond acceptors (Lipinski definition) is 7. The third-order valence-electron chi connectivity index (χ3n) is 3.85. The van der Waals surface area contributed by atoms with Crippen molar-refractivity contribution in [3.05, 3.63) is 12.4 Å². The fourth-order valence-electron chi connectivity index (χ4n) is 2.02. The van der Waals surface area contributed by atoms with Crippen LogP contribution >= 0.6 is 0 Å². The number of fused-ring (bicyclic) bond motifs is 1. The molecule has 104 valence electrons. The van der Waals surface area contributed by atoms with Gasteiger partial charge in [0.25, 0.3) is 0 Å². The molecule has 0 bridgehead atoms. The number of anilines is 1. The highest BCUT2D eigenvalue weighted by Crippen LogP contribution is 2.36. The van der Waals surface area contributed by atoms with Gasteiger partial charge in [-0.1, -0.05) is 0 Å². The van der Waals surface area contributed by atoms with Crippen molar-refractivity contribution in [1.29, 1.82) is 0 Å². The van der Waals surface area contributed by atoms with Gasteiger partial charge in [-0.25, -0.2) is 9.97 Å². The van der Waals surface area contributed by atoms with Gasteiger partial charge in [0.15, 0.2) is 5.65 Å². The average Bonchev–Trinajstić information content (AvgIpc) is 2.57. The Morgan fingerprint density at radius 2 is 1.60 bits per heavy atom. The summed E-state index contributed by atoms with van der Waals surface area (Å²) in [4.78, 5) is 16.7. The third-order valence-corrected chi connectivity index (χ3v) is 3.85. The van der Waals surface area contributed by atoms with Crippen molar-refractivity contribution in [1.82, 2.24) is 19.9 Å². The van der Waals surface area contributed by atoms with Crippen molar-refractivity contribution in [2.45, 2.75) is 38.9 Å². The minimum atomic E-state index is -0.635. The van der Waals surface area contributed by atoms with Crippen molar-refractivity contribution in [2.24, 2.45) is 0 Å². The lowest BCUT2D eigenvalue weighted by Crippen LogP contribution is -2.41. The maximum atomic E-state index is 5.98. The van der Waals surface area contributed by atoms with Crippen LogP contribution in [0.5, 0.6) is 0 Å². The van der Waals surface area contributed by atoms with Gasteiger partial charge in [0.1, 0.15) is 11.1 Å². The summed E-state index contributed by atoms with van der Waals surface area (Å²) in [5.74, 6) is 0.128. The van der Waals surface area contributed by atoms with Gasteiger partial charge in [-0.2, -0.15) is 4.98 Å². The highest BCUT2D eigenvalue weighted by atomic mass is 16.7. The zero-order valence-corrected chi connectivity index (χ0v) is 11.9. The highest BCUT2D eigenvalue weighted by molar-refractivity contribution is 6.63. The maximum absolute atomic E-state index is 5.98. The van der Waals surface area contributed by atoms with Crippen LogP contribution in [0.4, 0.5) is 5.95 Å². The van der Waals surface area contributed by atoms with E-state index in [1.54, 1.807) is 12.4 Å². The van der Waals surface area contributed by atoms with Gasteiger partial charge in [0.2, 0.25) is 5.95 Å². The molecule has 0 aromatic carbocycles. The van der Waals surface area contributed by atoms with E-state index in [0.29, 0.717) is 16.8 Å². The third kappa shape index (κ3) is 1.92. The summed E-state index contributed by atoms with van der Waals surface area (Å²) in [6.45, 7) is 7.91. The van der Waals surface area contributed by atoms with E-state index in [1.165, 1.54) is 0 Å². The van der Waals surface area contributed by atoms with Crippen molar-refractivity contribution < 1.29 is 9.31 Å². The van der Waals surface area contributed by atoms with Crippen molar-refractivity contribution >= 4 is 29.8 Å². The van der Waals surface area contributed by atoms with Crippen LogP contribution in [-0.2, 0) is 9.31 Å². The zero-order chi connectivity index (χ0) is 14.5. The number of hydrogen-bond donors (Lipinski definition) is 1. The van der Waals surface area contributed by atoms with E-state index in [2.05, 4.69) is 19.9 Å². The molecule has 1 saturated heterocycles. The Hall–Kier alpha value is -1.80. The molecular weight excluding hydrogens is 257 g/mol. The number of rotatable bonds is 1. The quantitative estimate of drug-likeness (QED) is 0.746. The predicted molar refractivity (Wildman–Crippen MR) is 75.3 cm³/mol. The fraction of sp³-hybridized carbons (Fsp3) is 0.500. The second-order valence-electron chi connectivity index (χ2n) is 5.78. The Balaban J connectivity index is 2.12. The Morgan fingerprint density at radius 3 is 2.25 bits per heavy atom. The summed E-state index contributed by atoms with van der Waals surface area (Å²) in [5, 5.41) is 0. The lowest BCUT2D eigenvalue weighted by atomic mass is 9.83. The normalized spacial score (nSPS) is 20.5. The van der Waals surface area contributed by atoms with E-state index in [9.17, 15) is 0 Å². The smallest absolute Gasteiger partial charge is 0.398 e. The molecule has 2 aromatic rings. The Kier molecular flexibility index (Phi) is 2.70. The van der Waals surface area contributed by atoms with E-state index in [-0.39, 0.29) is 5.95 Å². The van der Waals surface area contributed by atoms with Crippen LogP contribution < -0.4 is 11.3 Å². The molecule has 8 heteroatoms. The molecule has 0 radical (unpaired) electrons. The molecular formula is C12H16BN5O2. The molecule has 3 rings (SSSR count). The molecule has 1 fully saturated rings. The molecule has 0 spiro atoms. The molecule has 0 unspecified atom stereocenters. The van der Waals surface area contributed by atoms with Gasteiger partial charge in [0, 0.05) is 12.4 Å². The van der Waals surface area contributed by atoms with Crippen molar-refractivity contribution in [3.63, 3.8) is 0 Å². The summed E-state index contributed by atoms with van der Waals surface area (Å²) >= 11 is 0. The summed E-state index contributed by atoms with van der Waals surface area (Å²) in [7, 11) is -0.635. The Bertz CT molecular complexity index is 660. The average molecular weight is 273 g/mol. The Labute approximate surface area is 117 Å². The lowest BCUT2D eigenvalue weighted by Gasteiger charge is -2.32. The largest absolute Gasteiger partial charge is 0.517 e. The molecule has 1 aliphatic rings. The number of aromatic nitrogens is 4. The van der Waals surface area contributed by atoms with Crippen molar-refractivity contribution in [3.8, 4) is 0 Å². The summed E-state index contributed by atoms with van der Waals surface area (Å²) in [5.41, 5.74) is 6.31. The summed E-state index contributed by atoms with van der Waals surface area (Å²) in [6.07, 6.45) is 3.14. The van der Waals surface area contributed by atoms with Gasteiger partial charge in [-0.15, -0.1) is 0 Å². The second kappa shape index (κ2) is 4.10. The first-order chi connectivity index (χ1) is 9.30. The van der Waals surface area contributed by atoms with Crippen LogP contribution in [0.15, 0.2) is 12.4 Å². The van der Waals surface area contributed by atoms with E-state index in [1.807, 2.05) is 27.7 Å².